The molecule has 0 rings (SSSR count). The molecule has 0 spiro atoms. The van der Waals surface area contributed by atoms with E-state index >= 15 is 0 Å². The molecular formula is C17H38N4O. The van der Waals surface area contributed by atoms with E-state index in [2.05, 4.69) is 48.2 Å². The molecule has 0 heterocycles. The van der Waals surface area contributed by atoms with Crippen LogP contribution in [0.3, 0.4) is 0 Å². The molecule has 0 saturated heterocycles. The monoisotopic (exact) mass is 314 g/mol. The van der Waals surface area contributed by atoms with Gasteiger partial charge in [-0.3, -0.25) is 9.89 Å². The van der Waals surface area contributed by atoms with Crippen LogP contribution in [0.4, 0.5) is 0 Å². The van der Waals surface area contributed by atoms with Gasteiger partial charge in [0.15, 0.2) is 5.96 Å². The second-order valence-electron chi connectivity index (χ2n) is 6.26. The maximum absolute atomic E-state index is 5.05. The highest BCUT2D eigenvalue weighted by molar-refractivity contribution is 5.79. The molecule has 5 heteroatoms. The largest absolute Gasteiger partial charge is 0.385 e. The summed E-state index contributed by atoms with van der Waals surface area (Å²) >= 11 is 0. The second-order valence-corrected chi connectivity index (χ2v) is 6.26. The predicted molar refractivity (Wildman–Crippen MR) is 96.7 cm³/mol. The third-order valence-corrected chi connectivity index (χ3v) is 3.75. The predicted octanol–water partition coefficient (Wildman–Crippen LogP) is 2.48. The number of hydrogen-bond donors (Lipinski definition) is 2. The Morgan fingerprint density at radius 1 is 0.955 bits per heavy atom. The van der Waals surface area contributed by atoms with E-state index in [1.807, 2.05) is 7.05 Å². The minimum Gasteiger partial charge on any atom is -0.385 e. The lowest BCUT2D eigenvalue weighted by Gasteiger charge is -2.30. The molecular weight excluding hydrogens is 276 g/mol. The third-order valence-electron chi connectivity index (χ3n) is 3.75. The molecule has 0 aliphatic heterocycles. The van der Waals surface area contributed by atoms with Gasteiger partial charge in [0.05, 0.1) is 0 Å². The molecule has 5 nitrogen and oxygen atoms in total. The van der Waals surface area contributed by atoms with E-state index in [1.165, 1.54) is 6.42 Å². The van der Waals surface area contributed by atoms with Crippen LogP contribution in [0.5, 0.6) is 0 Å². The standard InChI is InChI=1S/C17H38N4O/c1-15(2)21(16(3)4)13-10-12-20-17(18-5)19-11-8-7-9-14-22-6/h15-16H,7-14H2,1-6H3,(H2,18,19,20). The smallest absolute Gasteiger partial charge is 0.190 e. The van der Waals surface area contributed by atoms with Gasteiger partial charge in [-0.15, -0.1) is 0 Å². The van der Waals surface area contributed by atoms with Crippen molar-refractivity contribution in [2.24, 2.45) is 4.99 Å². The van der Waals surface area contributed by atoms with Gasteiger partial charge >= 0.3 is 0 Å². The third kappa shape index (κ3) is 10.9. The Hall–Kier alpha value is -0.810. The molecule has 0 aromatic rings. The number of nitrogens with zero attached hydrogens (tertiary/aromatic N) is 2. The SMILES string of the molecule is CN=C(NCCCCCOC)NCCCN(C(C)C)C(C)C. The quantitative estimate of drug-likeness (QED) is 0.330. The summed E-state index contributed by atoms with van der Waals surface area (Å²) in [7, 11) is 3.58. The average Bonchev–Trinajstić information content (AvgIpc) is 2.47. The molecule has 0 aromatic carbocycles. The maximum atomic E-state index is 5.05. The van der Waals surface area contributed by atoms with Gasteiger partial charge in [0, 0.05) is 52.5 Å². The number of hydrogen-bond acceptors (Lipinski definition) is 3. The Bertz CT molecular complexity index is 272. The van der Waals surface area contributed by atoms with Gasteiger partial charge in [-0.25, -0.2) is 0 Å². The van der Waals surface area contributed by atoms with Crippen LogP contribution in [-0.4, -0.2) is 63.3 Å². The summed E-state index contributed by atoms with van der Waals surface area (Å²) in [6.45, 7) is 12.9. The van der Waals surface area contributed by atoms with Crippen molar-refractivity contribution in [3.05, 3.63) is 0 Å². The fraction of sp³-hybridized carbons (Fsp3) is 0.941. The van der Waals surface area contributed by atoms with Gasteiger partial charge in [-0.1, -0.05) is 0 Å². The van der Waals surface area contributed by atoms with E-state index in [0.717, 1.165) is 51.5 Å². The number of aliphatic imine (C=N–C) groups is 1. The van der Waals surface area contributed by atoms with Crippen LogP contribution < -0.4 is 10.6 Å². The normalized spacial score (nSPS) is 12.5. The number of ether oxygens (including phenoxy) is 1. The maximum Gasteiger partial charge on any atom is 0.190 e. The molecule has 2 N–H and O–H groups in total. The van der Waals surface area contributed by atoms with E-state index in [1.54, 1.807) is 7.11 Å². The second kappa shape index (κ2) is 13.8. The average molecular weight is 315 g/mol. The fourth-order valence-corrected chi connectivity index (χ4v) is 2.56. The number of methoxy groups -OCH3 is 1. The minimum atomic E-state index is 0.601. The molecule has 0 amide bonds. The Balaban J connectivity index is 3.74. The zero-order valence-electron chi connectivity index (χ0n) is 15.6. The van der Waals surface area contributed by atoms with Crippen molar-refractivity contribution >= 4 is 5.96 Å². The van der Waals surface area contributed by atoms with Gasteiger partial charge in [0.2, 0.25) is 0 Å². The molecule has 22 heavy (non-hydrogen) atoms. The highest BCUT2D eigenvalue weighted by atomic mass is 16.5. The summed E-state index contributed by atoms with van der Waals surface area (Å²) in [6.07, 6.45) is 4.60. The Morgan fingerprint density at radius 3 is 2.05 bits per heavy atom. The molecule has 0 radical (unpaired) electrons. The topological polar surface area (TPSA) is 48.9 Å². The highest BCUT2D eigenvalue weighted by Gasteiger charge is 2.12. The van der Waals surface area contributed by atoms with E-state index in [-0.39, 0.29) is 0 Å². The first-order valence-corrected chi connectivity index (χ1v) is 8.72. The van der Waals surface area contributed by atoms with Gasteiger partial charge in [-0.2, -0.15) is 0 Å². The van der Waals surface area contributed by atoms with Crippen molar-refractivity contribution in [1.29, 1.82) is 0 Å². The van der Waals surface area contributed by atoms with Gasteiger partial charge < -0.3 is 15.4 Å². The molecule has 0 saturated carbocycles. The molecule has 0 fully saturated rings. The van der Waals surface area contributed by atoms with Crippen molar-refractivity contribution in [3.63, 3.8) is 0 Å². The van der Waals surface area contributed by atoms with Crippen molar-refractivity contribution in [3.8, 4) is 0 Å². The molecule has 0 unspecified atom stereocenters. The van der Waals surface area contributed by atoms with Crippen LogP contribution in [0, 0.1) is 0 Å². The summed E-state index contributed by atoms with van der Waals surface area (Å²) < 4.78 is 5.05. The van der Waals surface area contributed by atoms with E-state index in [0.29, 0.717) is 12.1 Å². The lowest BCUT2D eigenvalue weighted by atomic mass is 10.2. The van der Waals surface area contributed by atoms with Crippen molar-refractivity contribution in [1.82, 2.24) is 15.5 Å². The lowest BCUT2D eigenvalue weighted by Crippen LogP contribution is -2.41. The van der Waals surface area contributed by atoms with Gasteiger partial charge in [0.25, 0.3) is 0 Å². The fourth-order valence-electron chi connectivity index (χ4n) is 2.56. The van der Waals surface area contributed by atoms with Crippen LogP contribution in [0.2, 0.25) is 0 Å². The van der Waals surface area contributed by atoms with E-state index < -0.39 is 0 Å². The Labute approximate surface area is 137 Å². The van der Waals surface area contributed by atoms with Gasteiger partial charge in [-0.05, 0) is 53.4 Å². The van der Waals surface area contributed by atoms with Gasteiger partial charge in [0.1, 0.15) is 0 Å². The van der Waals surface area contributed by atoms with Crippen LogP contribution in [0.15, 0.2) is 4.99 Å². The number of nitrogens with one attached hydrogen (secondary N) is 2. The summed E-state index contributed by atoms with van der Waals surface area (Å²) in [6, 6.07) is 1.20. The molecule has 0 bridgehead atoms. The summed E-state index contributed by atoms with van der Waals surface area (Å²) in [5.41, 5.74) is 0. The molecule has 0 atom stereocenters. The first-order valence-electron chi connectivity index (χ1n) is 8.72. The minimum absolute atomic E-state index is 0.601. The first kappa shape index (κ1) is 21.2. The van der Waals surface area contributed by atoms with Crippen molar-refractivity contribution in [2.75, 3.05) is 40.4 Å². The molecule has 0 aliphatic carbocycles. The Morgan fingerprint density at radius 2 is 1.55 bits per heavy atom. The molecule has 0 aromatic heterocycles. The van der Waals surface area contributed by atoms with E-state index in [9.17, 15) is 0 Å². The van der Waals surface area contributed by atoms with Crippen molar-refractivity contribution in [2.45, 2.75) is 65.5 Å². The van der Waals surface area contributed by atoms with E-state index in [4.69, 9.17) is 4.74 Å². The lowest BCUT2D eigenvalue weighted by molar-refractivity contribution is 0.173. The Kier molecular flexibility index (Phi) is 13.3. The number of guanidine groups is 1. The number of rotatable bonds is 12. The zero-order valence-corrected chi connectivity index (χ0v) is 15.6. The van der Waals surface area contributed by atoms with Crippen LogP contribution in [-0.2, 0) is 4.74 Å². The summed E-state index contributed by atoms with van der Waals surface area (Å²) in [4.78, 5) is 6.79. The van der Waals surface area contributed by atoms with Crippen LogP contribution >= 0.6 is 0 Å². The molecule has 0 aliphatic rings. The molecule has 132 valence electrons. The zero-order chi connectivity index (χ0) is 16.8. The van der Waals surface area contributed by atoms with Crippen LogP contribution in [0.25, 0.3) is 0 Å². The first-order chi connectivity index (χ1) is 10.5. The highest BCUT2D eigenvalue weighted by Crippen LogP contribution is 2.05. The summed E-state index contributed by atoms with van der Waals surface area (Å²) in [5, 5.41) is 6.76. The number of unbranched alkanes of at least 4 members (excludes halogenated alkanes) is 2. The van der Waals surface area contributed by atoms with Crippen LogP contribution in [0.1, 0.15) is 53.4 Å². The van der Waals surface area contributed by atoms with Crippen molar-refractivity contribution < 1.29 is 4.74 Å². The summed E-state index contributed by atoms with van der Waals surface area (Å²) in [5.74, 6) is 0.910.